The molecule has 0 aliphatic heterocycles. The van der Waals surface area contributed by atoms with E-state index in [1.165, 1.54) is 0 Å². The number of carbonyl (C=O) groups is 1. The van der Waals surface area contributed by atoms with E-state index in [-0.39, 0.29) is 42.8 Å². The standard InChI is InChI=1S/C32H34F5N5O2/c33-31(34)8-6-21(7-9-31)26(43)42(24-3-1-2-22(16-24)23-17-38-25(39-18-23)20-4-5-20)19-29-10-13-30(14-11-29,15-12-29)27-40-28(44-41-27)32(35,36)37/h1-3,16-18,20-21H,4-15,19H2. The summed E-state index contributed by atoms with van der Waals surface area (Å²) in [6, 6.07) is 7.64. The number of hydrogen-bond donors (Lipinski definition) is 0. The summed E-state index contributed by atoms with van der Waals surface area (Å²) in [7, 11) is 0. The van der Waals surface area contributed by atoms with Crippen LogP contribution in [0.15, 0.2) is 41.2 Å². The average Bonchev–Trinajstić information content (AvgIpc) is 3.74. The lowest BCUT2D eigenvalue weighted by Gasteiger charge is -2.53. The highest BCUT2D eigenvalue weighted by Gasteiger charge is 2.53. The lowest BCUT2D eigenvalue weighted by molar-refractivity contribution is -0.159. The molecule has 1 amide bonds. The van der Waals surface area contributed by atoms with Crippen LogP contribution in [0.25, 0.3) is 11.1 Å². The molecule has 5 aliphatic carbocycles. The van der Waals surface area contributed by atoms with Crippen molar-refractivity contribution in [1.82, 2.24) is 20.1 Å². The van der Waals surface area contributed by atoms with Gasteiger partial charge in [0.1, 0.15) is 5.82 Å². The molecule has 0 N–H and O–H groups in total. The van der Waals surface area contributed by atoms with Gasteiger partial charge in [0, 0.05) is 60.3 Å². The number of nitrogens with zero attached hydrogens (tertiary/aromatic N) is 5. The zero-order chi connectivity index (χ0) is 30.7. The predicted molar refractivity (Wildman–Crippen MR) is 150 cm³/mol. The van der Waals surface area contributed by atoms with Crippen LogP contribution in [0.5, 0.6) is 0 Å². The van der Waals surface area contributed by atoms with E-state index >= 15 is 0 Å². The van der Waals surface area contributed by atoms with Crippen LogP contribution in [-0.4, -0.2) is 38.5 Å². The van der Waals surface area contributed by atoms with Crippen LogP contribution in [-0.2, 0) is 16.4 Å². The summed E-state index contributed by atoms with van der Waals surface area (Å²) in [5.74, 6) is -3.34. The molecule has 7 nitrogen and oxygen atoms in total. The number of anilines is 1. The molecular weight excluding hydrogens is 581 g/mol. The Morgan fingerprint density at radius 3 is 2.16 bits per heavy atom. The lowest BCUT2D eigenvalue weighted by atomic mass is 9.53. The zero-order valence-electron chi connectivity index (χ0n) is 24.3. The van der Waals surface area contributed by atoms with Crippen molar-refractivity contribution in [1.29, 1.82) is 0 Å². The smallest absolute Gasteiger partial charge is 0.329 e. The first-order chi connectivity index (χ1) is 20.9. The van der Waals surface area contributed by atoms with Gasteiger partial charge in [-0.3, -0.25) is 4.79 Å². The van der Waals surface area contributed by atoms with E-state index in [0.717, 1.165) is 29.8 Å². The Labute approximate surface area is 251 Å². The molecule has 0 saturated heterocycles. The number of halogens is 5. The molecule has 8 rings (SSSR count). The third kappa shape index (κ3) is 5.60. The fourth-order valence-corrected chi connectivity index (χ4v) is 7.42. The molecular formula is C32H34F5N5O2. The van der Waals surface area contributed by atoms with E-state index in [4.69, 9.17) is 0 Å². The summed E-state index contributed by atoms with van der Waals surface area (Å²) in [6.45, 7) is 0.412. The molecule has 0 spiro atoms. The fraction of sp³-hybridized carbons (Fsp3) is 0.594. The first kappa shape index (κ1) is 29.3. The zero-order valence-corrected chi connectivity index (χ0v) is 24.3. The largest absolute Gasteiger partial charge is 0.471 e. The second kappa shape index (κ2) is 10.6. The molecule has 0 unspecified atom stereocenters. The van der Waals surface area contributed by atoms with Crippen LogP contribution in [0.1, 0.15) is 101 Å². The SMILES string of the molecule is O=C(C1CCC(F)(F)CC1)N(CC12CCC(c3noc(C(F)(F)F)n3)(CC1)CC2)c1cccc(-c2cnc(C3CC3)nc2)c1. The van der Waals surface area contributed by atoms with Gasteiger partial charge in [-0.25, -0.2) is 18.7 Å². The molecule has 5 fully saturated rings. The second-order valence-electron chi connectivity index (χ2n) is 13.4. The van der Waals surface area contributed by atoms with Crippen molar-refractivity contribution in [3.05, 3.63) is 54.2 Å². The van der Waals surface area contributed by atoms with E-state index in [9.17, 15) is 26.7 Å². The van der Waals surface area contributed by atoms with Crippen molar-refractivity contribution in [3.8, 4) is 11.1 Å². The summed E-state index contributed by atoms with van der Waals surface area (Å²) < 4.78 is 72.0. The summed E-state index contributed by atoms with van der Waals surface area (Å²) in [5.41, 5.74) is 1.56. The molecule has 2 heterocycles. The minimum Gasteiger partial charge on any atom is -0.329 e. The van der Waals surface area contributed by atoms with Crippen molar-refractivity contribution in [2.45, 2.75) is 100 Å². The third-order valence-electron chi connectivity index (χ3n) is 10.5. The van der Waals surface area contributed by atoms with Gasteiger partial charge in [-0.1, -0.05) is 17.3 Å². The summed E-state index contributed by atoms with van der Waals surface area (Å²) >= 11 is 0. The average molecular weight is 616 g/mol. The first-order valence-electron chi connectivity index (χ1n) is 15.5. The van der Waals surface area contributed by atoms with Crippen molar-refractivity contribution in [2.24, 2.45) is 11.3 Å². The molecule has 0 radical (unpaired) electrons. The summed E-state index contributed by atoms with van der Waals surface area (Å²) in [4.78, 5) is 28.7. The van der Waals surface area contributed by atoms with Crippen LogP contribution >= 0.6 is 0 Å². The quantitative estimate of drug-likeness (QED) is 0.252. The van der Waals surface area contributed by atoms with E-state index in [1.807, 2.05) is 24.3 Å². The lowest BCUT2D eigenvalue weighted by Crippen LogP contribution is -2.52. The highest BCUT2D eigenvalue weighted by Crippen LogP contribution is 2.58. The highest BCUT2D eigenvalue weighted by molar-refractivity contribution is 5.96. The molecule has 3 aromatic rings. The van der Waals surface area contributed by atoms with Crippen LogP contribution < -0.4 is 4.90 Å². The van der Waals surface area contributed by atoms with Gasteiger partial charge in [-0.2, -0.15) is 18.2 Å². The molecule has 234 valence electrons. The monoisotopic (exact) mass is 615 g/mol. The molecule has 5 saturated carbocycles. The molecule has 44 heavy (non-hydrogen) atoms. The van der Waals surface area contributed by atoms with Gasteiger partial charge >= 0.3 is 12.1 Å². The van der Waals surface area contributed by atoms with Gasteiger partial charge in [0.2, 0.25) is 11.8 Å². The van der Waals surface area contributed by atoms with Crippen molar-refractivity contribution in [3.63, 3.8) is 0 Å². The third-order valence-corrected chi connectivity index (χ3v) is 10.5. The van der Waals surface area contributed by atoms with Gasteiger partial charge in [0.15, 0.2) is 5.82 Å². The van der Waals surface area contributed by atoms with E-state index in [0.29, 0.717) is 56.7 Å². The molecule has 0 atom stereocenters. The summed E-state index contributed by atoms with van der Waals surface area (Å²) in [5, 5.41) is 3.72. The maximum absolute atomic E-state index is 14.1. The van der Waals surface area contributed by atoms with E-state index in [1.54, 1.807) is 17.3 Å². The van der Waals surface area contributed by atoms with Crippen molar-refractivity contribution < 1.29 is 31.3 Å². The Balaban J connectivity index is 1.14. The number of fused-ring (bicyclic) bond motifs is 3. The number of benzene rings is 1. The molecule has 1 aromatic carbocycles. The Kier molecular flexibility index (Phi) is 7.04. The number of carbonyl (C=O) groups excluding carboxylic acids is 1. The molecule has 12 heteroatoms. The van der Waals surface area contributed by atoms with E-state index < -0.39 is 29.3 Å². The minimum absolute atomic E-state index is 0.108. The van der Waals surface area contributed by atoms with Crippen molar-refractivity contribution >= 4 is 11.6 Å². The number of alkyl halides is 5. The van der Waals surface area contributed by atoms with Gasteiger partial charge in [-0.15, -0.1) is 0 Å². The Hall–Kier alpha value is -3.44. The number of rotatable bonds is 7. The molecule has 5 aliphatic rings. The van der Waals surface area contributed by atoms with Gasteiger partial charge in [0.05, 0.1) is 0 Å². The number of aromatic nitrogens is 4. The normalized spacial score (nSPS) is 26.9. The van der Waals surface area contributed by atoms with E-state index in [2.05, 4.69) is 24.6 Å². The van der Waals surface area contributed by atoms with Crippen molar-refractivity contribution in [2.75, 3.05) is 11.4 Å². The topological polar surface area (TPSA) is 85.0 Å². The fourth-order valence-electron chi connectivity index (χ4n) is 7.42. The predicted octanol–water partition coefficient (Wildman–Crippen LogP) is 7.87. The van der Waals surface area contributed by atoms with Crippen LogP contribution in [0.2, 0.25) is 0 Å². The second-order valence-corrected chi connectivity index (χ2v) is 13.4. The number of amides is 1. The Morgan fingerprint density at radius 2 is 1.57 bits per heavy atom. The maximum atomic E-state index is 14.1. The van der Waals surface area contributed by atoms with Gasteiger partial charge in [0.25, 0.3) is 0 Å². The molecule has 2 bridgehead atoms. The first-order valence-corrected chi connectivity index (χ1v) is 15.5. The van der Waals surface area contributed by atoms with Gasteiger partial charge in [-0.05, 0) is 87.3 Å². The number of hydrogen-bond acceptors (Lipinski definition) is 6. The van der Waals surface area contributed by atoms with Crippen LogP contribution in [0, 0.1) is 11.3 Å². The summed E-state index contributed by atoms with van der Waals surface area (Å²) in [6.07, 6.45) is 4.60. The van der Waals surface area contributed by atoms with Crippen LogP contribution in [0.4, 0.5) is 27.6 Å². The highest BCUT2D eigenvalue weighted by atomic mass is 19.4. The van der Waals surface area contributed by atoms with Crippen LogP contribution in [0.3, 0.4) is 0 Å². The Morgan fingerprint density at radius 1 is 0.909 bits per heavy atom. The maximum Gasteiger partial charge on any atom is 0.471 e. The molecule has 2 aromatic heterocycles. The minimum atomic E-state index is -4.70. The Bertz CT molecular complexity index is 1500. The van der Waals surface area contributed by atoms with Gasteiger partial charge < -0.3 is 9.42 Å².